The van der Waals surface area contributed by atoms with Gasteiger partial charge in [-0.25, -0.2) is 8.78 Å². The molecule has 0 fully saturated rings. The highest BCUT2D eigenvalue weighted by Gasteiger charge is 2.33. The summed E-state index contributed by atoms with van der Waals surface area (Å²) in [6.07, 6.45) is -3.12. The Morgan fingerprint density at radius 3 is 1.55 bits per heavy atom. The van der Waals surface area contributed by atoms with Gasteiger partial charge < -0.3 is 14.2 Å². The molecular weight excluding hydrogens is 158 g/mol. The van der Waals surface area contributed by atoms with Gasteiger partial charge in [-0.2, -0.15) is 0 Å². The highest BCUT2D eigenvalue weighted by Crippen LogP contribution is 2.21. The zero-order chi connectivity index (χ0) is 8.91. The average molecular weight is 170 g/mol. The Hall–Kier alpha value is -0.260. The summed E-state index contributed by atoms with van der Waals surface area (Å²) in [6, 6.07) is 0. The molecule has 0 unspecified atom stereocenters. The highest BCUT2D eigenvalue weighted by atomic mass is 19.3. The third-order valence-electron chi connectivity index (χ3n) is 1.34. The fourth-order valence-corrected chi connectivity index (χ4v) is 0.689. The first-order chi connectivity index (χ1) is 5.10. The SMILES string of the molecule is COC(CC(F)F)(OC)OC. The van der Waals surface area contributed by atoms with Crippen molar-refractivity contribution in [1.82, 2.24) is 0 Å². The number of rotatable bonds is 5. The summed E-state index contributed by atoms with van der Waals surface area (Å²) in [4.78, 5) is 0. The highest BCUT2D eigenvalue weighted by molar-refractivity contribution is 4.56. The van der Waals surface area contributed by atoms with Crippen LogP contribution in [0.25, 0.3) is 0 Å². The number of hydrogen-bond acceptors (Lipinski definition) is 3. The topological polar surface area (TPSA) is 27.7 Å². The molecule has 0 aromatic rings. The molecular formula is C6H12F2O3. The molecule has 0 saturated heterocycles. The van der Waals surface area contributed by atoms with E-state index >= 15 is 0 Å². The van der Waals surface area contributed by atoms with E-state index in [0.29, 0.717) is 0 Å². The molecule has 0 aliphatic heterocycles. The summed E-state index contributed by atoms with van der Waals surface area (Å²) in [5.74, 6) is -1.60. The van der Waals surface area contributed by atoms with Crippen molar-refractivity contribution in [1.29, 1.82) is 0 Å². The van der Waals surface area contributed by atoms with Crippen LogP contribution >= 0.6 is 0 Å². The molecule has 0 atom stereocenters. The number of ether oxygens (including phenoxy) is 3. The van der Waals surface area contributed by atoms with E-state index in [4.69, 9.17) is 0 Å². The minimum atomic E-state index is -2.52. The molecule has 0 saturated carbocycles. The van der Waals surface area contributed by atoms with Gasteiger partial charge in [-0.15, -0.1) is 0 Å². The van der Waals surface area contributed by atoms with E-state index in [0.717, 1.165) is 0 Å². The lowest BCUT2D eigenvalue weighted by molar-refractivity contribution is -0.363. The molecule has 3 nitrogen and oxygen atoms in total. The van der Waals surface area contributed by atoms with Crippen LogP contribution in [0.3, 0.4) is 0 Å². The van der Waals surface area contributed by atoms with E-state index in [-0.39, 0.29) is 0 Å². The Morgan fingerprint density at radius 1 is 1.09 bits per heavy atom. The fraction of sp³-hybridized carbons (Fsp3) is 1.00. The van der Waals surface area contributed by atoms with Gasteiger partial charge in [0.1, 0.15) is 0 Å². The van der Waals surface area contributed by atoms with Crippen LogP contribution in [-0.2, 0) is 14.2 Å². The van der Waals surface area contributed by atoms with Gasteiger partial charge in [0.05, 0.1) is 6.42 Å². The van der Waals surface area contributed by atoms with Crippen molar-refractivity contribution >= 4 is 0 Å². The summed E-state index contributed by atoms with van der Waals surface area (Å²) in [7, 11) is 3.74. The van der Waals surface area contributed by atoms with E-state index in [9.17, 15) is 8.78 Å². The van der Waals surface area contributed by atoms with Crippen LogP contribution in [0.1, 0.15) is 6.42 Å². The van der Waals surface area contributed by atoms with Crippen LogP contribution < -0.4 is 0 Å². The Bertz CT molecular complexity index is 95.7. The van der Waals surface area contributed by atoms with Gasteiger partial charge in [-0.1, -0.05) is 0 Å². The normalized spacial score (nSPS) is 12.5. The number of methoxy groups -OCH3 is 3. The van der Waals surface area contributed by atoms with Crippen LogP contribution in [0.15, 0.2) is 0 Å². The van der Waals surface area contributed by atoms with Gasteiger partial charge in [0.2, 0.25) is 6.43 Å². The van der Waals surface area contributed by atoms with E-state index in [1.54, 1.807) is 0 Å². The quantitative estimate of drug-likeness (QED) is 0.581. The van der Waals surface area contributed by atoms with E-state index < -0.39 is 18.8 Å². The van der Waals surface area contributed by atoms with E-state index in [1.165, 1.54) is 21.3 Å². The minimum Gasteiger partial charge on any atom is -0.331 e. The van der Waals surface area contributed by atoms with Gasteiger partial charge >= 0.3 is 0 Å². The third-order valence-corrected chi connectivity index (χ3v) is 1.34. The van der Waals surface area contributed by atoms with Gasteiger partial charge in [-0.05, 0) is 0 Å². The first kappa shape index (κ1) is 10.7. The average Bonchev–Trinajstić information content (AvgIpc) is 2.00. The maximum atomic E-state index is 11.9. The Morgan fingerprint density at radius 2 is 1.45 bits per heavy atom. The Kier molecular flexibility index (Phi) is 4.48. The van der Waals surface area contributed by atoms with Crippen molar-refractivity contribution in [3.05, 3.63) is 0 Å². The summed E-state index contributed by atoms with van der Waals surface area (Å²) in [6.45, 7) is 0. The van der Waals surface area contributed by atoms with Crippen LogP contribution in [0, 0.1) is 0 Å². The molecule has 0 aromatic heterocycles. The second-order valence-corrected chi connectivity index (χ2v) is 1.89. The zero-order valence-corrected chi connectivity index (χ0v) is 6.77. The van der Waals surface area contributed by atoms with Crippen molar-refractivity contribution in [3.63, 3.8) is 0 Å². The van der Waals surface area contributed by atoms with Crippen LogP contribution in [0.5, 0.6) is 0 Å². The lowest BCUT2D eigenvalue weighted by Crippen LogP contribution is -2.37. The molecule has 0 rings (SSSR count). The number of halogens is 2. The second-order valence-electron chi connectivity index (χ2n) is 1.89. The van der Waals surface area contributed by atoms with E-state index in [2.05, 4.69) is 14.2 Å². The summed E-state index contributed by atoms with van der Waals surface area (Å²) < 4.78 is 37.6. The molecule has 0 spiro atoms. The van der Waals surface area contributed by atoms with Crippen molar-refractivity contribution in [2.24, 2.45) is 0 Å². The number of hydrogen-bond donors (Lipinski definition) is 0. The maximum absolute atomic E-state index is 11.9. The molecule has 5 heteroatoms. The van der Waals surface area contributed by atoms with Crippen molar-refractivity contribution < 1.29 is 23.0 Å². The predicted molar refractivity (Wildman–Crippen MR) is 34.4 cm³/mol. The minimum absolute atomic E-state index is 0.601. The predicted octanol–water partition coefficient (Wildman–Crippen LogP) is 1.23. The van der Waals surface area contributed by atoms with Crippen molar-refractivity contribution in [2.75, 3.05) is 21.3 Å². The largest absolute Gasteiger partial charge is 0.331 e. The smallest absolute Gasteiger partial charge is 0.287 e. The lowest BCUT2D eigenvalue weighted by Gasteiger charge is -2.27. The lowest BCUT2D eigenvalue weighted by atomic mass is 10.4. The summed E-state index contributed by atoms with van der Waals surface area (Å²) in [5.41, 5.74) is 0. The molecule has 0 amide bonds. The zero-order valence-electron chi connectivity index (χ0n) is 6.77. The number of alkyl halides is 2. The molecule has 0 aliphatic rings. The third kappa shape index (κ3) is 3.09. The first-order valence-corrected chi connectivity index (χ1v) is 3.04. The Labute approximate surface area is 64.2 Å². The van der Waals surface area contributed by atoms with Crippen LogP contribution in [0.2, 0.25) is 0 Å². The van der Waals surface area contributed by atoms with Gasteiger partial charge in [0.25, 0.3) is 5.97 Å². The van der Waals surface area contributed by atoms with E-state index in [1.807, 2.05) is 0 Å². The molecule has 0 bridgehead atoms. The van der Waals surface area contributed by atoms with Gasteiger partial charge in [0.15, 0.2) is 0 Å². The van der Waals surface area contributed by atoms with Crippen molar-refractivity contribution in [3.8, 4) is 0 Å². The van der Waals surface area contributed by atoms with Gasteiger partial charge in [-0.3, -0.25) is 0 Å². The molecule has 0 N–H and O–H groups in total. The molecule has 0 aromatic carbocycles. The first-order valence-electron chi connectivity index (χ1n) is 3.04. The molecule has 11 heavy (non-hydrogen) atoms. The standard InChI is InChI=1S/C6H12F2O3/c1-9-6(10-2,11-3)4-5(7)8/h5H,4H2,1-3H3. The molecule has 0 heterocycles. The maximum Gasteiger partial charge on any atom is 0.287 e. The van der Waals surface area contributed by atoms with Crippen LogP contribution in [-0.4, -0.2) is 33.7 Å². The van der Waals surface area contributed by atoms with Crippen molar-refractivity contribution in [2.45, 2.75) is 18.8 Å². The second kappa shape index (κ2) is 4.58. The molecule has 0 radical (unpaired) electrons. The monoisotopic (exact) mass is 170 g/mol. The van der Waals surface area contributed by atoms with Crippen LogP contribution in [0.4, 0.5) is 8.78 Å². The molecule has 0 aliphatic carbocycles. The molecule has 68 valence electrons. The summed E-state index contributed by atoms with van der Waals surface area (Å²) >= 11 is 0. The Balaban J connectivity index is 4.05. The summed E-state index contributed by atoms with van der Waals surface area (Å²) in [5, 5.41) is 0. The fourth-order valence-electron chi connectivity index (χ4n) is 0.689. The van der Waals surface area contributed by atoms with Gasteiger partial charge in [0, 0.05) is 21.3 Å².